The summed E-state index contributed by atoms with van der Waals surface area (Å²) in [6.07, 6.45) is 0. The minimum absolute atomic E-state index is 0.120. The molecule has 1 aromatic rings. The van der Waals surface area contributed by atoms with Gasteiger partial charge in [-0.15, -0.1) is 0 Å². The molecule has 0 fully saturated rings. The average molecular weight is 269 g/mol. The molecule has 1 rings (SSSR count). The van der Waals surface area contributed by atoms with Gasteiger partial charge in [0, 0.05) is 22.3 Å². The highest BCUT2D eigenvalue weighted by Gasteiger charge is 2.17. The molecule has 1 aromatic carbocycles. The van der Waals surface area contributed by atoms with Crippen LogP contribution in [0, 0.1) is 5.82 Å². The number of rotatable bonds is 4. The van der Waals surface area contributed by atoms with Crippen LogP contribution in [0.4, 0.5) is 4.39 Å². The molecule has 0 amide bonds. The van der Waals surface area contributed by atoms with E-state index in [-0.39, 0.29) is 17.1 Å². The number of methoxy groups -OCH3 is 2. The van der Waals surface area contributed by atoms with Crippen LogP contribution in [0.3, 0.4) is 0 Å². The summed E-state index contributed by atoms with van der Waals surface area (Å²) in [5.41, 5.74) is 0.120. The van der Waals surface area contributed by atoms with Crippen molar-refractivity contribution in [2.75, 3.05) is 14.2 Å². The van der Waals surface area contributed by atoms with E-state index >= 15 is 0 Å². The van der Waals surface area contributed by atoms with Crippen molar-refractivity contribution in [1.29, 1.82) is 0 Å². The largest absolute Gasteiger partial charge is 0.493 e. The monoisotopic (exact) mass is 268 g/mol. The molecule has 0 bridgehead atoms. The molecule has 0 atom stereocenters. The summed E-state index contributed by atoms with van der Waals surface area (Å²) in [7, 11) is 3.98. The smallest absolute Gasteiger partial charge is 0.236 e. The lowest BCUT2D eigenvalue weighted by Crippen LogP contribution is -2.01. The van der Waals surface area contributed by atoms with Gasteiger partial charge in [0.15, 0.2) is 11.5 Å². The standard InChI is InChI=1S/C9H10ClFO4S/c1-14-8-4-7(11)3-6(9(8)15-2)5-16(10,12)13/h3-4H,5H2,1-2H3. The van der Waals surface area contributed by atoms with Crippen LogP contribution in [-0.2, 0) is 14.8 Å². The number of benzene rings is 1. The van der Waals surface area contributed by atoms with E-state index in [1.165, 1.54) is 14.2 Å². The third-order valence-corrected chi connectivity index (χ3v) is 2.83. The summed E-state index contributed by atoms with van der Waals surface area (Å²) in [6.45, 7) is 0. The van der Waals surface area contributed by atoms with E-state index in [9.17, 15) is 12.8 Å². The first-order chi connectivity index (χ1) is 7.37. The van der Waals surface area contributed by atoms with Crippen molar-refractivity contribution in [2.24, 2.45) is 0 Å². The Balaban J connectivity index is 3.31. The van der Waals surface area contributed by atoms with E-state index < -0.39 is 20.6 Å². The summed E-state index contributed by atoms with van der Waals surface area (Å²) in [6, 6.07) is 2.14. The van der Waals surface area contributed by atoms with Gasteiger partial charge in [0.25, 0.3) is 0 Å². The summed E-state index contributed by atoms with van der Waals surface area (Å²) in [5.74, 6) is -0.856. The molecular formula is C9H10ClFO4S. The lowest BCUT2D eigenvalue weighted by Gasteiger charge is -2.11. The van der Waals surface area contributed by atoms with Crippen molar-refractivity contribution in [1.82, 2.24) is 0 Å². The molecule has 0 unspecified atom stereocenters. The summed E-state index contributed by atoms with van der Waals surface area (Å²) in [5, 5.41) is 0. The van der Waals surface area contributed by atoms with Gasteiger partial charge in [0.05, 0.1) is 20.0 Å². The number of hydrogen-bond acceptors (Lipinski definition) is 4. The van der Waals surface area contributed by atoms with Crippen molar-refractivity contribution in [2.45, 2.75) is 5.75 Å². The van der Waals surface area contributed by atoms with Crippen LogP contribution in [0.2, 0.25) is 0 Å². The minimum Gasteiger partial charge on any atom is -0.493 e. The van der Waals surface area contributed by atoms with E-state index in [0.717, 1.165) is 12.1 Å². The fourth-order valence-electron chi connectivity index (χ4n) is 1.30. The molecule has 7 heteroatoms. The van der Waals surface area contributed by atoms with Gasteiger partial charge in [-0.3, -0.25) is 0 Å². The van der Waals surface area contributed by atoms with Crippen molar-refractivity contribution < 1.29 is 22.3 Å². The van der Waals surface area contributed by atoms with Crippen LogP contribution in [0.5, 0.6) is 11.5 Å². The second-order valence-electron chi connectivity index (χ2n) is 2.98. The Hall–Kier alpha value is -1.01. The molecule has 0 radical (unpaired) electrons. The zero-order chi connectivity index (χ0) is 12.3. The van der Waals surface area contributed by atoms with Gasteiger partial charge in [-0.2, -0.15) is 0 Å². The van der Waals surface area contributed by atoms with Crippen LogP contribution < -0.4 is 9.47 Å². The Kier molecular flexibility index (Phi) is 3.98. The molecule has 4 nitrogen and oxygen atoms in total. The molecule has 0 aliphatic rings. The highest BCUT2D eigenvalue weighted by Crippen LogP contribution is 2.33. The van der Waals surface area contributed by atoms with Crippen molar-refractivity contribution in [3.8, 4) is 11.5 Å². The summed E-state index contributed by atoms with van der Waals surface area (Å²) >= 11 is 0. The lowest BCUT2D eigenvalue weighted by atomic mass is 10.2. The summed E-state index contributed by atoms with van der Waals surface area (Å²) in [4.78, 5) is 0. The van der Waals surface area contributed by atoms with E-state index in [1.807, 2.05) is 0 Å². The van der Waals surface area contributed by atoms with E-state index in [4.69, 9.17) is 20.2 Å². The van der Waals surface area contributed by atoms with E-state index in [2.05, 4.69) is 0 Å². The maximum Gasteiger partial charge on any atom is 0.236 e. The predicted octanol–water partition coefficient (Wildman–Crippen LogP) is 1.91. The number of ether oxygens (including phenoxy) is 2. The number of halogens is 2. The first-order valence-corrected chi connectivity index (χ1v) is 6.68. The average Bonchev–Trinajstić information content (AvgIpc) is 2.14. The molecule has 0 N–H and O–H groups in total. The Morgan fingerprint density at radius 3 is 2.38 bits per heavy atom. The Bertz CT molecular complexity index is 487. The third kappa shape index (κ3) is 3.24. The highest BCUT2D eigenvalue weighted by molar-refractivity contribution is 8.13. The molecule has 0 saturated carbocycles. The second-order valence-corrected chi connectivity index (χ2v) is 5.76. The topological polar surface area (TPSA) is 52.6 Å². The molecule has 0 aliphatic heterocycles. The molecular weight excluding hydrogens is 259 g/mol. The zero-order valence-electron chi connectivity index (χ0n) is 8.66. The Labute approximate surface area is 97.4 Å². The van der Waals surface area contributed by atoms with Gasteiger partial charge in [-0.05, 0) is 6.07 Å². The van der Waals surface area contributed by atoms with Gasteiger partial charge < -0.3 is 9.47 Å². The molecule has 0 heterocycles. The van der Waals surface area contributed by atoms with Crippen LogP contribution in [0.1, 0.15) is 5.56 Å². The number of hydrogen-bond donors (Lipinski definition) is 0. The zero-order valence-corrected chi connectivity index (χ0v) is 10.2. The van der Waals surface area contributed by atoms with Gasteiger partial charge in [-0.25, -0.2) is 12.8 Å². The first-order valence-electron chi connectivity index (χ1n) is 4.20. The third-order valence-electron chi connectivity index (χ3n) is 1.85. The molecule has 0 saturated heterocycles. The van der Waals surface area contributed by atoms with Gasteiger partial charge in [-0.1, -0.05) is 0 Å². The fourth-order valence-corrected chi connectivity index (χ4v) is 2.24. The second kappa shape index (κ2) is 4.88. The molecule has 0 spiro atoms. The van der Waals surface area contributed by atoms with Crippen molar-refractivity contribution in [3.05, 3.63) is 23.5 Å². The fraction of sp³-hybridized carbons (Fsp3) is 0.333. The molecule has 16 heavy (non-hydrogen) atoms. The maximum atomic E-state index is 13.1. The first kappa shape index (κ1) is 13.1. The van der Waals surface area contributed by atoms with Crippen LogP contribution in [0.25, 0.3) is 0 Å². The van der Waals surface area contributed by atoms with Gasteiger partial charge in [0.2, 0.25) is 9.05 Å². The summed E-state index contributed by atoms with van der Waals surface area (Å²) < 4.78 is 44.8. The van der Waals surface area contributed by atoms with Crippen LogP contribution in [0.15, 0.2) is 12.1 Å². The van der Waals surface area contributed by atoms with Crippen LogP contribution in [-0.4, -0.2) is 22.6 Å². The van der Waals surface area contributed by atoms with E-state index in [0.29, 0.717) is 0 Å². The lowest BCUT2D eigenvalue weighted by molar-refractivity contribution is 0.350. The quantitative estimate of drug-likeness (QED) is 0.783. The predicted molar refractivity (Wildman–Crippen MR) is 58.0 cm³/mol. The van der Waals surface area contributed by atoms with Crippen molar-refractivity contribution in [3.63, 3.8) is 0 Å². The van der Waals surface area contributed by atoms with Crippen molar-refractivity contribution >= 4 is 19.7 Å². The van der Waals surface area contributed by atoms with Crippen LogP contribution >= 0.6 is 10.7 Å². The van der Waals surface area contributed by atoms with Gasteiger partial charge >= 0.3 is 0 Å². The Morgan fingerprint density at radius 2 is 1.94 bits per heavy atom. The molecule has 0 aromatic heterocycles. The minimum atomic E-state index is -3.78. The molecule has 0 aliphatic carbocycles. The van der Waals surface area contributed by atoms with Gasteiger partial charge in [0.1, 0.15) is 5.82 Å². The highest BCUT2D eigenvalue weighted by atomic mass is 35.7. The SMILES string of the molecule is COc1cc(F)cc(CS(=O)(=O)Cl)c1OC. The molecule has 90 valence electrons. The maximum absolute atomic E-state index is 13.1. The normalized spacial score (nSPS) is 11.2. The Morgan fingerprint density at radius 1 is 1.31 bits per heavy atom. The van der Waals surface area contributed by atoms with E-state index in [1.54, 1.807) is 0 Å².